The zero-order valence-corrected chi connectivity index (χ0v) is 12.3. The summed E-state index contributed by atoms with van der Waals surface area (Å²) in [5, 5.41) is 9.95. The molecule has 0 aromatic carbocycles. The second kappa shape index (κ2) is 12.4. The maximum Gasteiger partial charge on any atom is 0.0600 e. The van der Waals surface area contributed by atoms with Gasteiger partial charge >= 0.3 is 0 Å². The van der Waals surface area contributed by atoms with Crippen LogP contribution in [0.15, 0.2) is 12.2 Å². The van der Waals surface area contributed by atoms with Crippen molar-refractivity contribution < 1.29 is 5.11 Å². The molecule has 17 heavy (non-hydrogen) atoms. The Morgan fingerprint density at radius 2 is 1.88 bits per heavy atom. The van der Waals surface area contributed by atoms with Gasteiger partial charge in [-0.1, -0.05) is 51.7 Å². The van der Waals surface area contributed by atoms with E-state index in [1.165, 1.54) is 25.7 Å². The normalized spacial score (nSPS) is 15.3. The van der Waals surface area contributed by atoms with Crippen molar-refractivity contribution >= 4 is 11.6 Å². The van der Waals surface area contributed by atoms with Crippen molar-refractivity contribution in [3.8, 4) is 0 Å². The van der Waals surface area contributed by atoms with Crippen molar-refractivity contribution in [3.05, 3.63) is 12.2 Å². The van der Waals surface area contributed by atoms with E-state index in [1.807, 2.05) is 0 Å². The van der Waals surface area contributed by atoms with Crippen molar-refractivity contribution in [2.45, 2.75) is 71.3 Å². The SMILES string of the molecule is CCCCCCC(C)C(O)C/C=C/CCCCl. The number of aliphatic hydroxyl groups excluding tert-OH is 1. The third kappa shape index (κ3) is 10.8. The Morgan fingerprint density at radius 1 is 1.12 bits per heavy atom. The molecule has 0 heterocycles. The first-order chi connectivity index (χ1) is 8.22. The summed E-state index contributed by atoms with van der Waals surface area (Å²) >= 11 is 5.59. The summed E-state index contributed by atoms with van der Waals surface area (Å²) in [5.41, 5.74) is 0. The second-order valence-electron chi connectivity index (χ2n) is 4.93. The quantitative estimate of drug-likeness (QED) is 0.318. The first-order valence-electron chi connectivity index (χ1n) is 7.11. The van der Waals surface area contributed by atoms with E-state index in [2.05, 4.69) is 26.0 Å². The molecule has 0 rings (SSSR count). The van der Waals surface area contributed by atoms with Gasteiger partial charge < -0.3 is 5.11 Å². The van der Waals surface area contributed by atoms with Gasteiger partial charge in [-0.2, -0.15) is 0 Å². The van der Waals surface area contributed by atoms with Gasteiger partial charge in [-0.15, -0.1) is 11.6 Å². The summed E-state index contributed by atoms with van der Waals surface area (Å²) in [7, 11) is 0. The van der Waals surface area contributed by atoms with Crippen LogP contribution in [0.4, 0.5) is 0 Å². The molecular formula is C15H29ClO. The largest absolute Gasteiger partial charge is 0.393 e. The molecule has 2 unspecified atom stereocenters. The van der Waals surface area contributed by atoms with E-state index in [0.29, 0.717) is 5.92 Å². The molecule has 0 bridgehead atoms. The lowest BCUT2D eigenvalue weighted by Gasteiger charge is -2.17. The van der Waals surface area contributed by atoms with Crippen LogP contribution in [0.1, 0.15) is 65.2 Å². The standard InChI is InChI=1S/C15H29ClO/c1-3-4-5-8-11-14(2)15(17)12-9-6-7-10-13-16/h6,9,14-15,17H,3-5,7-8,10-13H2,1-2H3/b9-6+. The van der Waals surface area contributed by atoms with Gasteiger partial charge in [0, 0.05) is 5.88 Å². The molecule has 0 saturated carbocycles. The summed E-state index contributed by atoms with van der Waals surface area (Å²) in [4.78, 5) is 0. The van der Waals surface area contributed by atoms with E-state index in [-0.39, 0.29) is 6.10 Å². The number of rotatable bonds is 11. The van der Waals surface area contributed by atoms with Crippen LogP contribution in [-0.2, 0) is 0 Å². The van der Waals surface area contributed by atoms with Crippen molar-refractivity contribution in [1.82, 2.24) is 0 Å². The van der Waals surface area contributed by atoms with Crippen LogP contribution in [0.3, 0.4) is 0 Å². The lowest BCUT2D eigenvalue weighted by Crippen LogP contribution is -2.16. The van der Waals surface area contributed by atoms with Crippen LogP contribution in [0.2, 0.25) is 0 Å². The molecular weight excluding hydrogens is 232 g/mol. The number of hydrogen-bond donors (Lipinski definition) is 1. The lowest BCUT2D eigenvalue weighted by molar-refractivity contribution is 0.113. The minimum atomic E-state index is -0.177. The molecule has 0 aromatic rings. The Morgan fingerprint density at radius 3 is 2.53 bits per heavy atom. The Labute approximate surface area is 112 Å². The first-order valence-corrected chi connectivity index (χ1v) is 7.64. The van der Waals surface area contributed by atoms with Gasteiger partial charge in [-0.05, 0) is 31.6 Å². The molecule has 0 aliphatic rings. The number of allylic oxidation sites excluding steroid dienone is 1. The predicted molar refractivity (Wildman–Crippen MR) is 77.6 cm³/mol. The zero-order chi connectivity index (χ0) is 12.9. The van der Waals surface area contributed by atoms with Gasteiger partial charge in [0.05, 0.1) is 6.10 Å². The Hall–Kier alpha value is -0.0100. The average molecular weight is 261 g/mol. The zero-order valence-electron chi connectivity index (χ0n) is 11.5. The fourth-order valence-electron chi connectivity index (χ4n) is 1.87. The van der Waals surface area contributed by atoms with Gasteiger partial charge in [-0.3, -0.25) is 0 Å². The molecule has 102 valence electrons. The first kappa shape index (κ1) is 17.0. The van der Waals surface area contributed by atoms with Gasteiger partial charge in [-0.25, -0.2) is 0 Å². The Kier molecular flexibility index (Phi) is 12.4. The van der Waals surface area contributed by atoms with E-state index in [1.54, 1.807) is 0 Å². The highest BCUT2D eigenvalue weighted by Crippen LogP contribution is 2.16. The molecule has 0 saturated heterocycles. The molecule has 0 amide bonds. The molecule has 0 aromatic heterocycles. The minimum absolute atomic E-state index is 0.177. The van der Waals surface area contributed by atoms with Crippen LogP contribution in [0, 0.1) is 5.92 Å². The van der Waals surface area contributed by atoms with Crippen LogP contribution < -0.4 is 0 Å². The third-order valence-corrected chi connectivity index (χ3v) is 3.49. The topological polar surface area (TPSA) is 20.2 Å². The smallest absolute Gasteiger partial charge is 0.0600 e. The molecule has 0 aliphatic carbocycles. The molecule has 0 aliphatic heterocycles. The van der Waals surface area contributed by atoms with Gasteiger partial charge in [0.2, 0.25) is 0 Å². The van der Waals surface area contributed by atoms with Crippen molar-refractivity contribution in [3.63, 3.8) is 0 Å². The van der Waals surface area contributed by atoms with E-state index < -0.39 is 0 Å². The highest BCUT2D eigenvalue weighted by molar-refractivity contribution is 6.17. The number of alkyl halides is 1. The Bertz CT molecular complexity index is 180. The van der Waals surface area contributed by atoms with E-state index in [0.717, 1.165) is 31.6 Å². The van der Waals surface area contributed by atoms with Crippen LogP contribution in [-0.4, -0.2) is 17.1 Å². The van der Waals surface area contributed by atoms with Gasteiger partial charge in [0.15, 0.2) is 0 Å². The molecule has 0 radical (unpaired) electrons. The maximum atomic E-state index is 9.95. The number of halogens is 1. The highest BCUT2D eigenvalue weighted by atomic mass is 35.5. The van der Waals surface area contributed by atoms with Crippen molar-refractivity contribution in [1.29, 1.82) is 0 Å². The summed E-state index contributed by atoms with van der Waals surface area (Å²) in [5.74, 6) is 1.14. The van der Waals surface area contributed by atoms with Crippen LogP contribution in [0.25, 0.3) is 0 Å². The maximum absolute atomic E-state index is 9.95. The minimum Gasteiger partial charge on any atom is -0.393 e. The van der Waals surface area contributed by atoms with E-state index >= 15 is 0 Å². The van der Waals surface area contributed by atoms with Crippen molar-refractivity contribution in [2.75, 3.05) is 5.88 Å². The molecule has 1 N–H and O–H groups in total. The van der Waals surface area contributed by atoms with Crippen LogP contribution >= 0.6 is 11.6 Å². The Balaban J connectivity index is 3.52. The lowest BCUT2D eigenvalue weighted by atomic mass is 9.95. The van der Waals surface area contributed by atoms with Crippen LogP contribution in [0.5, 0.6) is 0 Å². The molecule has 0 fully saturated rings. The van der Waals surface area contributed by atoms with E-state index in [4.69, 9.17) is 11.6 Å². The fraction of sp³-hybridized carbons (Fsp3) is 0.867. The number of aliphatic hydroxyl groups is 1. The summed E-state index contributed by atoms with van der Waals surface area (Å²) in [6, 6.07) is 0. The molecule has 2 heteroatoms. The van der Waals surface area contributed by atoms with Gasteiger partial charge in [0.1, 0.15) is 0 Å². The number of hydrogen-bond acceptors (Lipinski definition) is 1. The summed E-state index contributed by atoms with van der Waals surface area (Å²) in [6.45, 7) is 4.38. The van der Waals surface area contributed by atoms with Crippen molar-refractivity contribution in [2.24, 2.45) is 5.92 Å². The molecule has 1 nitrogen and oxygen atoms in total. The highest BCUT2D eigenvalue weighted by Gasteiger charge is 2.11. The second-order valence-corrected chi connectivity index (χ2v) is 5.31. The third-order valence-electron chi connectivity index (χ3n) is 3.22. The summed E-state index contributed by atoms with van der Waals surface area (Å²) in [6.07, 6.45) is 13.2. The fourth-order valence-corrected chi connectivity index (χ4v) is 2.02. The monoisotopic (exact) mass is 260 g/mol. The molecule has 2 atom stereocenters. The molecule has 0 spiro atoms. The average Bonchev–Trinajstić information content (AvgIpc) is 2.34. The predicted octanol–water partition coefficient (Wildman–Crippen LogP) is 4.92. The number of unbranched alkanes of at least 4 members (excludes halogenated alkanes) is 4. The summed E-state index contributed by atoms with van der Waals surface area (Å²) < 4.78 is 0. The van der Waals surface area contributed by atoms with E-state index in [9.17, 15) is 5.11 Å². The van der Waals surface area contributed by atoms with Gasteiger partial charge in [0.25, 0.3) is 0 Å².